The fourth-order valence-electron chi connectivity index (χ4n) is 14.8. The summed E-state index contributed by atoms with van der Waals surface area (Å²) < 4.78 is 52.9. The van der Waals surface area contributed by atoms with Crippen molar-refractivity contribution in [2.75, 3.05) is 120 Å². The number of rotatable bonds is 19. The fourth-order valence-corrected chi connectivity index (χ4v) is 15.8. The highest BCUT2D eigenvalue weighted by atomic mass is 35.5. The number of halogens is 4. The van der Waals surface area contributed by atoms with Crippen LogP contribution in [0, 0.1) is 11.6 Å². The third-order valence-electron chi connectivity index (χ3n) is 20.5. The molecule has 0 spiro atoms. The Kier molecular flexibility index (Phi) is 26.2. The Hall–Kier alpha value is -12.5. The minimum Gasteiger partial charge on any atom is -0.497 e. The Bertz CT molecular complexity index is 5810. The van der Waals surface area contributed by atoms with Gasteiger partial charge in [-0.2, -0.15) is 0 Å². The summed E-state index contributed by atoms with van der Waals surface area (Å²) in [6, 6.07) is 59.4. The van der Waals surface area contributed by atoms with Crippen LogP contribution < -0.4 is 36.1 Å². The molecule has 22 nitrogen and oxygen atoms in total. The number of ether oxygens (including phenoxy) is 4. The number of fused-ring (bicyclic) bond motifs is 3. The maximum Gasteiger partial charge on any atom is 0.345 e. The topological polar surface area (TPSA) is 225 Å². The molecular weight excluding hydrogens is 1540 g/mol. The largest absolute Gasteiger partial charge is 0.497 e. The molecule has 0 atom stereocenters. The second kappa shape index (κ2) is 37.2. The standard InChI is InChI=1S/C31H30FN3O5.C30H26Cl2FN3O4.C28H27N3O4S/c1-3-40-31(38)27-28(33-16-18-34(19-17-33)29(36)22-10-14-24(39-2)15-11-22)25-6-4-5-7-26(25)35(30(27)37)20-21-8-12-23(32)13-9-21;1-2-40-30(39)26-27(34-13-15-35(16-14-34)28(37)20-9-12-23(31)24(32)17-20)22-5-3-4-6-25(22)36(29(26)38)18-19-7-10-21(33)11-8-19;1-2-35-28(34)24-25(29-14-16-30(17-15-29)26(32)23-13-8-18-36-23)21-11-6-7-12-22(21)31(27(24)33)19-20-9-4-3-5-10-20/h4-15H,3,16-20H2,1-2H3;3-12,17H,2,13-16,18H2,1H3;3-13,18H,2,14-17,19H2,1H3. The van der Waals surface area contributed by atoms with E-state index in [0.29, 0.717) is 156 Å². The zero-order valence-corrected chi connectivity index (χ0v) is 66.5. The summed E-state index contributed by atoms with van der Waals surface area (Å²) in [5.41, 5.74) is 5.61. The number of piperazine rings is 3. The van der Waals surface area contributed by atoms with Gasteiger partial charge in [0, 0.05) is 106 Å². The summed E-state index contributed by atoms with van der Waals surface area (Å²) in [4.78, 5) is 132. The van der Waals surface area contributed by atoms with Gasteiger partial charge < -0.3 is 62.0 Å². The minimum absolute atomic E-state index is 0.0124. The van der Waals surface area contributed by atoms with Crippen LogP contribution in [0.5, 0.6) is 5.75 Å². The summed E-state index contributed by atoms with van der Waals surface area (Å²) in [6.07, 6.45) is 0. The molecule has 596 valence electrons. The number of anilines is 3. The third kappa shape index (κ3) is 17.9. The number of nitrogens with zero attached hydrogens (tertiary/aromatic N) is 9. The number of aromatic nitrogens is 3. The van der Waals surface area contributed by atoms with Crippen LogP contribution in [0.25, 0.3) is 32.7 Å². The molecule has 4 aromatic heterocycles. The molecule has 0 N–H and O–H groups in total. The Morgan fingerprint density at radius 3 is 1.08 bits per heavy atom. The predicted molar refractivity (Wildman–Crippen MR) is 447 cm³/mol. The van der Waals surface area contributed by atoms with Gasteiger partial charge in [0.05, 0.1) is 95.1 Å². The molecule has 0 bridgehead atoms. The first kappa shape index (κ1) is 81.6. The molecular formula is C89H83Cl2F2N9O13S. The van der Waals surface area contributed by atoms with Crippen molar-refractivity contribution < 1.29 is 56.5 Å². The molecule has 3 aliphatic rings. The lowest BCUT2D eigenvalue weighted by Crippen LogP contribution is -2.49. The summed E-state index contributed by atoms with van der Waals surface area (Å²) in [7, 11) is 1.57. The lowest BCUT2D eigenvalue weighted by Gasteiger charge is -2.37. The molecule has 8 aromatic carbocycles. The molecule has 3 fully saturated rings. The van der Waals surface area contributed by atoms with Gasteiger partial charge >= 0.3 is 17.9 Å². The first-order valence-electron chi connectivity index (χ1n) is 38.0. The van der Waals surface area contributed by atoms with Crippen molar-refractivity contribution >= 4 is 120 Å². The van der Waals surface area contributed by atoms with Crippen LogP contribution in [-0.4, -0.2) is 169 Å². The second-order valence-corrected chi connectivity index (χ2v) is 29.2. The molecule has 0 radical (unpaired) electrons. The molecule has 15 rings (SSSR count). The maximum absolute atomic E-state index is 13.9. The van der Waals surface area contributed by atoms with Crippen LogP contribution in [0.2, 0.25) is 10.0 Å². The number of esters is 3. The van der Waals surface area contributed by atoms with Crippen LogP contribution in [0.3, 0.4) is 0 Å². The zero-order chi connectivity index (χ0) is 81.7. The van der Waals surface area contributed by atoms with Gasteiger partial charge in [-0.1, -0.05) is 138 Å². The lowest BCUT2D eigenvalue weighted by atomic mass is 10.0. The van der Waals surface area contributed by atoms with E-state index in [9.17, 15) is 51.9 Å². The van der Waals surface area contributed by atoms with Crippen LogP contribution in [0.1, 0.15) is 98.9 Å². The van der Waals surface area contributed by atoms with Gasteiger partial charge in [0.1, 0.15) is 34.1 Å². The number of methoxy groups -OCH3 is 1. The minimum atomic E-state index is -0.713. The monoisotopic (exact) mass is 1630 g/mol. The van der Waals surface area contributed by atoms with E-state index in [4.69, 9.17) is 42.1 Å². The van der Waals surface area contributed by atoms with Crippen molar-refractivity contribution in [2.24, 2.45) is 0 Å². The van der Waals surface area contributed by atoms with E-state index in [1.54, 1.807) is 109 Å². The molecule has 12 aromatic rings. The van der Waals surface area contributed by atoms with E-state index >= 15 is 0 Å². The Morgan fingerprint density at radius 1 is 0.379 bits per heavy atom. The number of hydrogen-bond acceptors (Lipinski definition) is 17. The molecule has 3 amide bonds. The normalized spacial score (nSPS) is 13.5. The second-order valence-electron chi connectivity index (χ2n) is 27.5. The maximum atomic E-state index is 13.9. The highest BCUT2D eigenvalue weighted by Crippen LogP contribution is 2.36. The number of thiophene rings is 1. The van der Waals surface area contributed by atoms with E-state index in [-0.39, 0.29) is 84.5 Å². The average Bonchev–Trinajstić information content (AvgIpc) is 0.784. The Balaban J connectivity index is 0.000000152. The number of pyridine rings is 3. The number of carbonyl (C=O) groups is 6. The van der Waals surface area contributed by atoms with E-state index in [1.807, 2.05) is 140 Å². The van der Waals surface area contributed by atoms with Crippen LogP contribution >= 0.6 is 34.5 Å². The molecule has 27 heteroatoms. The van der Waals surface area contributed by atoms with Crippen molar-refractivity contribution in [3.05, 3.63) is 314 Å². The molecule has 0 saturated carbocycles. The molecule has 0 aliphatic carbocycles. The van der Waals surface area contributed by atoms with Crippen LogP contribution in [0.15, 0.2) is 226 Å². The summed E-state index contributed by atoms with van der Waals surface area (Å²) in [6.45, 7) is 11.4. The number of para-hydroxylation sites is 3. The summed E-state index contributed by atoms with van der Waals surface area (Å²) in [5, 5.41) is 4.81. The van der Waals surface area contributed by atoms with Crippen LogP contribution in [-0.2, 0) is 33.8 Å². The molecule has 116 heavy (non-hydrogen) atoms. The zero-order valence-electron chi connectivity index (χ0n) is 64.2. The van der Waals surface area contributed by atoms with Crippen molar-refractivity contribution in [3.63, 3.8) is 0 Å². The molecule has 3 saturated heterocycles. The quantitative estimate of drug-likeness (QED) is 0.0542. The summed E-state index contributed by atoms with van der Waals surface area (Å²) in [5.74, 6) is -2.35. The smallest absolute Gasteiger partial charge is 0.345 e. The van der Waals surface area contributed by atoms with Gasteiger partial charge in [0.15, 0.2) is 0 Å². The van der Waals surface area contributed by atoms with Crippen molar-refractivity contribution in [2.45, 2.75) is 40.4 Å². The SMILES string of the molecule is CCOC(=O)c1c(N2CCN(C(=O)c3ccc(Cl)c(Cl)c3)CC2)c2ccccc2n(Cc2ccc(F)cc2)c1=O.CCOC(=O)c1c(N2CCN(C(=O)c3ccc(OC)cc3)CC2)c2ccccc2n(Cc2ccc(F)cc2)c1=O.CCOC(=O)c1c(N2CCN(C(=O)c3cccs3)CC2)c2ccccc2n(Cc2ccccc2)c1=O. The average molecular weight is 1630 g/mol. The van der Waals surface area contributed by atoms with E-state index < -0.39 is 29.0 Å². The summed E-state index contributed by atoms with van der Waals surface area (Å²) >= 11 is 13.5. The highest BCUT2D eigenvalue weighted by molar-refractivity contribution is 7.12. The number of carbonyl (C=O) groups excluding carboxylic acids is 6. The van der Waals surface area contributed by atoms with Gasteiger partial charge in [0.2, 0.25) is 0 Å². The van der Waals surface area contributed by atoms with Gasteiger partial charge in [-0.3, -0.25) is 28.8 Å². The number of amides is 3. The highest BCUT2D eigenvalue weighted by Gasteiger charge is 2.35. The Morgan fingerprint density at radius 2 is 0.724 bits per heavy atom. The van der Waals surface area contributed by atoms with Crippen LogP contribution in [0.4, 0.5) is 25.8 Å². The first-order valence-corrected chi connectivity index (χ1v) is 39.7. The van der Waals surface area contributed by atoms with Gasteiger partial charge in [-0.15, -0.1) is 11.3 Å². The molecule has 0 unspecified atom stereocenters. The molecule has 3 aliphatic heterocycles. The Labute approximate surface area is 680 Å². The molecule has 7 heterocycles. The van der Waals surface area contributed by atoms with Gasteiger partial charge in [0.25, 0.3) is 34.4 Å². The van der Waals surface area contributed by atoms with Crippen molar-refractivity contribution in [1.82, 2.24) is 28.4 Å². The van der Waals surface area contributed by atoms with Gasteiger partial charge in [-0.05, 0) is 134 Å². The van der Waals surface area contributed by atoms with E-state index in [1.165, 1.54) is 44.7 Å². The fraction of sp³-hybridized carbons (Fsp3) is 0.247. The third-order valence-corrected chi connectivity index (χ3v) is 22.0. The van der Waals surface area contributed by atoms with Crippen molar-refractivity contribution in [3.8, 4) is 5.75 Å². The van der Waals surface area contributed by atoms with Gasteiger partial charge in [-0.25, -0.2) is 23.2 Å². The number of hydrogen-bond donors (Lipinski definition) is 0. The predicted octanol–water partition coefficient (Wildman–Crippen LogP) is 14.2. The first-order chi connectivity index (χ1) is 56.3. The van der Waals surface area contributed by atoms with Crippen molar-refractivity contribution in [1.29, 1.82) is 0 Å². The van der Waals surface area contributed by atoms with E-state index in [2.05, 4.69) is 0 Å². The lowest BCUT2D eigenvalue weighted by molar-refractivity contribution is 0.0514. The number of benzene rings is 8. The van der Waals surface area contributed by atoms with E-state index in [0.717, 1.165) is 27.4 Å².